The van der Waals surface area contributed by atoms with Gasteiger partial charge in [-0.1, -0.05) is 18.2 Å². The van der Waals surface area contributed by atoms with E-state index in [2.05, 4.69) is 10.3 Å². The summed E-state index contributed by atoms with van der Waals surface area (Å²) in [5.41, 5.74) is 1.50. The first-order valence-corrected chi connectivity index (χ1v) is 8.24. The van der Waals surface area contributed by atoms with Crippen LogP contribution in [0.4, 0.5) is 0 Å². The van der Waals surface area contributed by atoms with Crippen molar-refractivity contribution in [2.45, 2.75) is 26.3 Å². The molecule has 0 unspecified atom stereocenters. The number of carboxylic acids is 1. The number of aryl methyl sites for hydroxylation is 1. The second kappa shape index (κ2) is 7.34. The van der Waals surface area contributed by atoms with Crippen molar-refractivity contribution in [2.75, 3.05) is 6.61 Å². The molecule has 2 aromatic rings. The SMILES string of the molecule is Cc1nc(C(=O)NCc2ccccc2OCC2CC2)ccc1C(=O)O. The average molecular weight is 340 g/mol. The highest BCUT2D eigenvalue weighted by Gasteiger charge is 2.22. The Hall–Kier alpha value is -2.89. The van der Waals surface area contributed by atoms with E-state index in [0.717, 1.165) is 11.3 Å². The maximum atomic E-state index is 12.3. The van der Waals surface area contributed by atoms with Gasteiger partial charge in [-0.3, -0.25) is 4.79 Å². The quantitative estimate of drug-likeness (QED) is 0.809. The molecule has 1 saturated carbocycles. The molecule has 0 radical (unpaired) electrons. The van der Waals surface area contributed by atoms with Crippen LogP contribution in [0.25, 0.3) is 0 Å². The molecule has 0 aliphatic heterocycles. The lowest BCUT2D eigenvalue weighted by Crippen LogP contribution is -2.24. The van der Waals surface area contributed by atoms with Crippen LogP contribution in [0.5, 0.6) is 5.75 Å². The molecule has 25 heavy (non-hydrogen) atoms. The third-order valence-electron chi connectivity index (χ3n) is 4.13. The normalized spacial score (nSPS) is 13.3. The van der Waals surface area contributed by atoms with Gasteiger partial charge in [0.2, 0.25) is 0 Å². The Morgan fingerprint density at radius 1 is 1.24 bits per heavy atom. The van der Waals surface area contributed by atoms with E-state index >= 15 is 0 Å². The largest absolute Gasteiger partial charge is 0.493 e. The summed E-state index contributed by atoms with van der Waals surface area (Å²) in [5.74, 6) is 0.0263. The van der Waals surface area contributed by atoms with Gasteiger partial charge in [0.25, 0.3) is 5.91 Å². The second-order valence-electron chi connectivity index (χ2n) is 6.18. The fraction of sp³-hybridized carbons (Fsp3) is 0.316. The Bertz CT molecular complexity index is 800. The predicted molar refractivity (Wildman–Crippen MR) is 91.8 cm³/mol. The van der Waals surface area contributed by atoms with Crippen molar-refractivity contribution in [3.05, 3.63) is 58.9 Å². The molecule has 6 heteroatoms. The highest BCUT2D eigenvalue weighted by Crippen LogP contribution is 2.30. The number of nitrogens with zero attached hydrogens (tertiary/aromatic N) is 1. The summed E-state index contributed by atoms with van der Waals surface area (Å²) in [6.07, 6.45) is 2.44. The molecular weight excluding hydrogens is 320 g/mol. The number of aromatic carboxylic acids is 1. The number of hydrogen-bond donors (Lipinski definition) is 2. The molecule has 1 amide bonds. The standard InChI is InChI=1S/C19H20N2O4/c1-12-15(19(23)24)8-9-16(21-12)18(22)20-10-14-4-2-3-5-17(14)25-11-13-6-7-13/h2-5,8-9,13H,6-7,10-11H2,1H3,(H,20,22)(H,23,24). The summed E-state index contributed by atoms with van der Waals surface area (Å²) in [5, 5.41) is 11.8. The van der Waals surface area contributed by atoms with Gasteiger partial charge in [0, 0.05) is 12.1 Å². The first-order chi connectivity index (χ1) is 12.0. The molecule has 0 atom stereocenters. The number of carbonyl (C=O) groups excluding carboxylic acids is 1. The molecule has 2 N–H and O–H groups in total. The average Bonchev–Trinajstić information content (AvgIpc) is 3.42. The number of aromatic nitrogens is 1. The van der Waals surface area contributed by atoms with E-state index < -0.39 is 5.97 Å². The van der Waals surface area contributed by atoms with Gasteiger partial charge in [-0.15, -0.1) is 0 Å². The van der Waals surface area contributed by atoms with Crippen LogP contribution in [0.2, 0.25) is 0 Å². The molecule has 1 fully saturated rings. The molecule has 6 nitrogen and oxygen atoms in total. The molecule has 0 spiro atoms. The van der Waals surface area contributed by atoms with Crippen LogP contribution < -0.4 is 10.1 Å². The number of pyridine rings is 1. The summed E-state index contributed by atoms with van der Waals surface area (Å²) < 4.78 is 5.83. The molecule has 1 aliphatic carbocycles. The highest BCUT2D eigenvalue weighted by molar-refractivity contribution is 5.94. The van der Waals surface area contributed by atoms with E-state index in [0.29, 0.717) is 24.8 Å². The van der Waals surface area contributed by atoms with Crippen molar-refractivity contribution in [1.29, 1.82) is 0 Å². The van der Waals surface area contributed by atoms with Gasteiger partial charge in [-0.2, -0.15) is 0 Å². The zero-order chi connectivity index (χ0) is 17.8. The lowest BCUT2D eigenvalue weighted by molar-refractivity contribution is 0.0694. The van der Waals surface area contributed by atoms with E-state index in [1.165, 1.54) is 25.0 Å². The molecule has 3 rings (SSSR count). The molecule has 1 aromatic carbocycles. The highest BCUT2D eigenvalue weighted by atomic mass is 16.5. The minimum atomic E-state index is -1.06. The summed E-state index contributed by atoms with van der Waals surface area (Å²) >= 11 is 0. The fourth-order valence-electron chi connectivity index (χ4n) is 2.46. The number of para-hydroxylation sites is 1. The Morgan fingerprint density at radius 3 is 2.68 bits per heavy atom. The zero-order valence-electron chi connectivity index (χ0n) is 14.0. The van der Waals surface area contributed by atoms with E-state index in [-0.39, 0.29) is 17.2 Å². The molecule has 1 aliphatic rings. The van der Waals surface area contributed by atoms with Crippen LogP contribution in [0.1, 0.15) is 44.9 Å². The number of carbonyl (C=O) groups is 2. The van der Waals surface area contributed by atoms with E-state index in [9.17, 15) is 9.59 Å². The van der Waals surface area contributed by atoms with Gasteiger partial charge in [0.15, 0.2) is 0 Å². The molecular formula is C19H20N2O4. The Labute approximate surface area is 145 Å². The number of hydrogen-bond acceptors (Lipinski definition) is 4. The number of ether oxygens (including phenoxy) is 1. The van der Waals surface area contributed by atoms with Crippen molar-refractivity contribution in [2.24, 2.45) is 5.92 Å². The van der Waals surface area contributed by atoms with Crippen molar-refractivity contribution in [3.63, 3.8) is 0 Å². The summed E-state index contributed by atoms with van der Waals surface area (Å²) in [4.78, 5) is 27.4. The Kier molecular flexibility index (Phi) is 4.97. The minimum Gasteiger partial charge on any atom is -0.493 e. The monoisotopic (exact) mass is 340 g/mol. The molecule has 130 valence electrons. The van der Waals surface area contributed by atoms with Gasteiger partial charge in [-0.25, -0.2) is 9.78 Å². The summed E-state index contributed by atoms with van der Waals surface area (Å²) in [7, 11) is 0. The first-order valence-electron chi connectivity index (χ1n) is 8.24. The summed E-state index contributed by atoms with van der Waals surface area (Å²) in [6.45, 7) is 2.60. The Morgan fingerprint density at radius 2 is 2.00 bits per heavy atom. The number of benzene rings is 1. The number of rotatable bonds is 7. The lowest BCUT2D eigenvalue weighted by Gasteiger charge is -2.12. The van der Waals surface area contributed by atoms with Crippen molar-refractivity contribution in [1.82, 2.24) is 10.3 Å². The fourth-order valence-corrected chi connectivity index (χ4v) is 2.46. The molecule has 1 heterocycles. The maximum absolute atomic E-state index is 12.3. The summed E-state index contributed by atoms with van der Waals surface area (Å²) in [6, 6.07) is 10.4. The van der Waals surface area contributed by atoms with Crippen LogP contribution in [0, 0.1) is 12.8 Å². The molecule has 0 bridgehead atoms. The van der Waals surface area contributed by atoms with E-state index in [1.807, 2.05) is 24.3 Å². The zero-order valence-corrected chi connectivity index (χ0v) is 14.0. The van der Waals surface area contributed by atoms with Crippen LogP contribution in [-0.4, -0.2) is 28.6 Å². The Balaban J connectivity index is 1.64. The third-order valence-corrected chi connectivity index (χ3v) is 4.13. The lowest BCUT2D eigenvalue weighted by atomic mass is 10.1. The van der Waals surface area contributed by atoms with E-state index in [1.54, 1.807) is 6.92 Å². The topological polar surface area (TPSA) is 88.5 Å². The van der Waals surface area contributed by atoms with Crippen molar-refractivity contribution in [3.8, 4) is 5.75 Å². The van der Waals surface area contributed by atoms with Gasteiger partial charge in [0.05, 0.1) is 17.9 Å². The van der Waals surface area contributed by atoms with Crippen LogP contribution >= 0.6 is 0 Å². The first kappa shape index (κ1) is 17.0. The number of amides is 1. The number of nitrogens with one attached hydrogen (secondary N) is 1. The van der Waals surface area contributed by atoms with Crippen LogP contribution in [0.3, 0.4) is 0 Å². The van der Waals surface area contributed by atoms with Gasteiger partial charge < -0.3 is 15.2 Å². The van der Waals surface area contributed by atoms with Crippen molar-refractivity contribution < 1.29 is 19.4 Å². The van der Waals surface area contributed by atoms with Gasteiger partial charge >= 0.3 is 5.97 Å². The minimum absolute atomic E-state index is 0.0929. The van der Waals surface area contributed by atoms with Crippen molar-refractivity contribution >= 4 is 11.9 Å². The maximum Gasteiger partial charge on any atom is 0.337 e. The predicted octanol–water partition coefficient (Wildman–Crippen LogP) is 2.81. The van der Waals surface area contributed by atoms with Gasteiger partial charge in [-0.05, 0) is 43.9 Å². The third kappa shape index (κ3) is 4.35. The van der Waals surface area contributed by atoms with Crippen LogP contribution in [0.15, 0.2) is 36.4 Å². The second-order valence-corrected chi connectivity index (χ2v) is 6.18. The smallest absolute Gasteiger partial charge is 0.337 e. The number of carboxylic acid groups (broad SMARTS) is 1. The molecule has 1 aromatic heterocycles. The van der Waals surface area contributed by atoms with E-state index in [4.69, 9.17) is 9.84 Å². The van der Waals surface area contributed by atoms with Gasteiger partial charge in [0.1, 0.15) is 11.4 Å². The van der Waals surface area contributed by atoms with Crippen LogP contribution in [-0.2, 0) is 6.54 Å². The molecule has 0 saturated heterocycles.